The van der Waals surface area contributed by atoms with Gasteiger partial charge in [0.05, 0.1) is 32.9 Å². The van der Waals surface area contributed by atoms with Crippen molar-refractivity contribution in [3.05, 3.63) is 54.1 Å². The molecule has 0 aromatic heterocycles. The van der Waals surface area contributed by atoms with Crippen LogP contribution < -0.4 is 15.4 Å². The summed E-state index contributed by atoms with van der Waals surface area (Å²) in [7, 11) is 7.10. The van der Waals surface area contributed by atoms with E-state index in [-0.39, 0.29) is 12.1 Å². The Morgan fingerprint density at radius 3 is 2.69 bits per heavy atom. The number of rotatable bonds is 18. The average molecular weight is 630 g/mol. The Balaban J connectivity index is 1.63. The Bertz CT molecular complexity index is 1180. The van der Waals surface area contributed by atoms with Crippen molar-refractivity contribution in [2.45, 2.75) is 38.5 Å². The third kappa shape index (κ3) is 11.4. The van der Waals surface area contributed by atoms with Crippen LogP contribution in [0.3, 0.4) is 0 Å². The van der Waals surface area contributed by atoms with E-state index in [1.807, 2.05) is 46.1 Å². The lowest BCUT2D eigenvalue weighted by atomic mass is 9.83. The number of hydrogen-bond acceptors (Lipinski definition) is 13. The maximum Gasteiger partial charge on any atom is 0.207 e. The lowest BCUT2D eigenvalue weighted by Crippen LogP contribution is -2.54. The van der Waals surface area contributed by atoms with Gasteiger partial charge in [-0.25, -0.2) is 14.9 Å². The highest BCUT2D eigenvalue weighted by molar-refractivity contribution is 5.99. The molecule has 1 aromatic rings. The minimum Gasteiger partial charge on any atom is -0.473 e. The van der Waals surface area contributed by atoms with Gasteiger partial charge in [-0.15, -0.1) is 6.58 Å². The van der Waals surface area contributed by atoms with Crippen molar-refractivity contribution in [1.29, 1.82) is 0 Å². The summed E-state index contributed by atoms with van der Waals surface area (Å²) in [5.41, 5.74) is 2.04. The molecule has 1 aromatic carbocycles. The normalized spacial score (nSPS) is 16.8. The minimum atomic E-state index is -0.586. The second kappa shape index (κ2) is 18.4. The number of aliphatic hydroxyl groups excluding tert-OH is 1. The van der Waals surface area contributed by atoms with E-state index in [1.165, 1.54) is 5.56 Å². The van der Waals surface area contributed by atoms with E-state index in [9.17, 15) is 5.11 Å². The van der Waals surface area contributed by atoms with Crippen molar-refractivity contribution in [2.24, 2.45) is 15.0 Å². The molecular weight excluding hydrogens is 578 g/mol. The molecule has 0 fully saturated rings. The average Bonchev–Trinajstić information content (AvgIpc) is 3.02. The molecule has 3 N–H and O–H groups in total. The Kier molecular flexibility index (Phi) is 14.7. The van der Waals surface area contributed by atoms with Gasteiger partial charge in [0.2, 0.25) is 18.2 Å². The molecule has 0 spiro atoms. The smallest absolute Gasteiger partial charge is 0.207 e. The van der Waals surface area contributed by atoms with Crippen LogP contribution in [0.4, 0.5) is 0 Å². The molecule has 0 amide bonds. The summed E-state index contributed by atoms with van der Waals surface area (Å²) in [5.74, 6) is 2.14. The first-order chi connectivity index (χ1) is 21.7. The maximum atomic E-state index is 9.36. The van der Waals surface area contributed by atoms with E-state index < -0.39 is 6.29 Å². The molecule has 0 saturated heterocycles. The number of methoxy groups -OCH3 is 2. The zero-order chi connectivity index (χ0) is 32.7. The molecule has 0 bridgehead atoms. The summed E-state index contributed by atoms with van der Waals surface area (Å²) >= 11 is 0. The Morgan fingerprint density at radius 1 is 1.22 bits per heavy atom. The van der Waals surface area contributed by atoms with Gasteiger partial charge in [-0.3, -0.25) is 15.6 Å². The first-order valence-electron chi connectivity index (χ1n) is 15.0. The van der Waals surface area contributed by atoms with Crippen molar-refractivity contribution in [3.63, 3.8) is 0 Å². The third-order valence-corrected chi connectivity index (χ3v) is 7.01. The van der Waals surface area contributed by atoms with Crippen LogP contribution in [0.1, 0.15) is 31.4 Å². The second-order valence-electron chi connectivity index (χ2n) is 11.4. The molecule has 14 nitrogen and oxygen atoms in total. The van der Waals surface area contributed by atoms with Crippen molar-refractivity contribution in [1.82, 2.24) is 30.2 Å². The van der Waals surface area contributed by atoms with Gasteiger partial charge in [0.25, 0.3) is 0 Å². The van der Waals surface area contributed by atoms with Gasteiger partial charge in [0.15, 0.2) is 6.73 Å². The first kappa shape index (κ1) is 35.9. The highest BCUT2D eigenvalue weighted by Gasteiger charge is 2.27. The summed E-state index contributed by atoms with van der Waals surface area (Å²) in [6, 6.07) is 6.37. The number of guanidine groups is 2. The van der Waals surface area contributed by atoms with Crippen molar-refractivity contribution < 1.29 is 24.1 Å². The number of nitrogens with zero attached hydrogens (tertiary/aromatic N) is 7. The molecular formula is C31H51N9O5. The SMILES string of the molecule is C=CCOCN(/C=N/CN(COC)COC)CC/C=C/C(C)(C)c1ccc2c(c1)CN(C1=NC(NCO)N=C(N(C)C)N1)CO2. The van der Waals surface area contributed by atoms with Crippen LogP contribution in [0.5, 0.6) is 5.75 Å². The number of nitrogens with one attached hydrogen (secondary N) is 2. The van der Waals surface area contributed by atoms with Gasteiger partial charge in [-0.2, -0.15) is 0 Å². The van der Waals surface area contributed by atoms with E-state index >= 15 is 0 Å². The van der Waals surface area contributed by atoms with Crippen LogP contribution in [-0.4, -0.2) is 131 Å². The van der Waals surface area contributed by atoms with Crippen LogP contribution in [0.25, 0.3) is 0 Å². The molecule has 0 saturated carbocycles. The first-order valence-corrected chi connectivity index (χ1v) is 15.0. The largest absolute Gasteiger partial charge is 0.473 e. The van der Waals surface area contributed by atoms with E-state index in [2.05, 4.69) is 70.3 Å². The molecule has 3 rings (SSSR count). The van der Waals surface area contributed by atoms with E-state index in [4.69, 9.17) is 18.9 Å². The predicted molar refractivity (Wildman–Crippen MR) is 177 cm³/mol. The van der Waals surface area contributed by atoms with Gasteiger partial charge in [-0.05, 0) is 24.1 Å². The lowest BCUT2D eigenvalue weighted by molar-refractivity contribution is -0.0115. The van der Waals surface area contributed by atoms with E-state index in [1.54, 1.807) is 20.3 Å². The van der Waals surface area contributed by atoms with Gasteiger partial charge >= 0.3 is 0 Å². The summed E-state index contributed by atoms with van der Waals surface area (Å²) in [6.45, 7) is 11.8. The number of benzene rings is 1. The van der Waals surface area contributed by atoms with Gasteiger partial charge in [-0.1, -0.05) is 38.1 Å². The Morgan fingerprint density at radius 2 is 2.00 bits per heavy atom. The van der Waals surface area contributed by atoms with Crippen molar-refractivity contribution in [2.75, 3.05) is 81.8 Å². The molecule has 2 aliphatic heterocycles. The molecule has 2 heterocycles. The maximum absolute atomic E-state index is 9.36. The predicted octanol–water partition coefficient (Wildman–Crippen LogP) is 1.72. The summed E-state index contributed by atoms with van der Waals surface area (Å²) in [6.07, 6.45) is 8.23. The molecule has 1 atom stereocenters. The highest BCUT2D eigenvalue weighted by atomic mass is 16.5. The Labute approximate surface area is 267 Å². The number of fused-ring (bicyclic) bond motifs is 1. The van der Waals surface area contributed by atoms with E-state index in [0.29, 0.717) is 58.7 Å². The molecule has 14 heteroatoms. The molecule has 2 aliphatic rings. The van der Waals surface area contributed by atoms with Crippen LogP contribution in [0.15, 0.2) is 58.0 Å². The van der Waals surface area contributed by atoms with E-state index in [0.717, 1.165) is 24.3 Å². The zero-order valence-corrected chi connectivity index (χ0v) is 27.6. The van der Waals surface area contributed by atoms with Crippen molar-refractivity contribution >= 4 is 18.3 Å². The summed E-state index contributed by atoms with van der Waals surface area (Å²) in [5, 5.41) is 15.5. The van der Waals surface area contributed by atoms with Gasteiger partial charge in [0.1, 0.15) is 25.9 Å². The standard InChI is InChI=1S/C31H51N9O5/c1-8-15-44-23-38(18-32-19-39(21-42-6)22-43-7)14-10-9-13-31(2,3)26-11-12-27-25(16-26)17-40(24-45-27)30-35-28(33-20-41)34-29(36-30)37(4)5/h8-9,11-13,16,18,28,33,41H,1,10,14-15,17,19-24H2,2-7H3,(H,34,35,36)/b13-9+,32-18+. The van der Waals surface area contributed by atoms with Crippen LogP contribution >= 0.6 is 0 Å². The summed E-state index contributed by atoms with van der Waals surface area (Å²) in [4.78, 5) is 21.5. The fourth-order valence-corrected chi connectivity index (χ4v) is 4.64. The summed E-state index contributed by atoms with van der Waals surface area (Å²) < 4.78 is 22.2. The van der Waals surface area contributed by atoms with Crippen LogP contribution in [0, 0.1) is 0 Å². The zero-order valence-electron chi connectivity index (χ0n) is 27.6. The van der Waals surface area contributed by atoms with Crippen LogP contribution in [0.2, 0.25) is 0 Å². The number of hydrogen-bond donors (Lipinski definition) is 3. The van der Waals surface area contributed by atoms with Crippen molar-refractivity contribution in [3.8, 4) is 5.75 Å². The van der Waals surface area contributed by atoms with Gasteiger partial charge < -0.3 is 38.8 Å². The highest BCUT2D eigenvalue weighted by Crippen LogP contribution is 2.32. The number of aliphatic imine (C=N–C) groups is 3. The number of allylic oxidation sites excluding steroid dienone is 1. The Hall–Kier alpha value is -3.53. The minimum absolute atomic E-state index is 0.210. The van der Waals surface area contributed by atoms with Gasteiger partial charge in [0, 0.05) is 45.8 Å². The number of aliphatic hydroxyl groups is 1. The fraction of sp³-hybridized carbons (Fsp3) is 0.581. The molecule has 1 unspecified atom stereocenters. The topological polar surface area (TPSA) is 131 Å². The molecule has 45 heavy (non-hydrogen) atoms. The second-order valence-corrected chi connectivity index (χ2v) is 11.4. The molecule has 0 aliphatic carbocycles. The monoisotopic (exact) mass is 629 g/mol. The number of ether oxygens (including phenoxy) is 4. The molecule has 0 radical (unpaired) electrons. The molecule has 250 valence electrons. The van der Waals surface area contributed by atoms with Crippen LogP contribution in [-0.2, 0) is 26.2 Å². The fourth-order valence-electron chi connectivity index (χ4n) is 4.64. The quantitative estimate of drug-likeness (QED) is 0.0722. The third-order valence-electron chi connectivity index (χ3n) is 7.01. The lowest BCUT2D eigenvalue weighted by Gasteiger charge is -2.35.